The van der Waals surface area contributed by atoms with Crippen molar-refractivity contribution >= 4 is 34.7 Å². The zero-order valence-corrected chi connectivity index (χ0v) is 18.0. The van der Waals surface area contributed by atoms with Gasteiger partial charge in [-0.25, -0.2) is 4.98 Å². The van der Waals surface area contributed by atoms with Crippen LogP contribution in [0.2, 0.25) is 0 Å². The largest absolute Gasteiger partial charge is 0.368 e. The second kappa shape index (κ2) is 7.67. The predicted molar refractivity (Wildman–Crippen MR) is 123 cm³/mol. The lowest BCUT2D eigenvalue weighted by molar-refractivity contribution is -0.117. The Morgan fingerprint density at radius 1 is 1.22 bits per heavy atom. The van der Waals surface area contributed by atoms with Gasteiger partial charge >= 0.3 is 0 Å². The van der Waals surface area contributed by atoms with Crippen LogP contribution in [0.5, 0.6) is 0 Å². The summed E-state index contributed by atoms with van der Waals surface area (Å²) in [5.41, 5.74) is 5.64. The molecule has 32 heavy (non-hydrogen) atoms. The number of carbonyl (C=O) groups is 2. The number of pyridine rings is 1. The van der Waals surface area contributed by atoms with Crippen molar-refractivity contribution in [3.63, 3.8) is 0 Å². The minimum atomic E-state index is -0.412. The van der Waals surface area contributed by atoms with Crippen molar-refractivity contribution < 1.29 is 11.0 Å². The van der Waals surface area contributed by atoms with Crippen LogP contribution in [0.15, 0.2) is 36.7 Å². The molecule has 9 heteroatoms. The monoisotopic (exact) mass is 432 g/mol. The van der Waals surface area contributed by atoms with Gasteiger partial charge in [0, 0.05) is 64.5 Å². The quantitative estimate of drug-likeness (QED) is 0.573. The van der Waals surface area contributed by atoms with Gasteiger partial charge in [-0.05, 0) is 18.9 Å². The molecule has 0 bridgehead atoms. The zero-order valence-electron chi connectivity index (χ0n) is 19.0. The maximum absolute atomic E-state index is 12.6. The van der Waals surface area contributed by atoms with Crippen molar-refractivity contribution in [1.29, 1.82) is 0 Å². The number of aromatic nitrogens is 3. The van der Waals surface area contributed by atoms with E-state index in [0.717, 1.165) is 41.0 Å². The number of hydrogen-bond donors (Lipinski definition) is 3. The number of para-hydroxylation sites is 1. The molecule has 3 aromatic rings. The van der Waals surface area contributed by atoms with Gasteiger partial charge in [0.05, 0.1) is 28.3 Å². The average molecular weight is 433 g/mol. The third-order valence-corrected chi connectivity index (χ3v) is 5.76. The fraction of sp³-hybridized carbons (Fsp3) is 0.304. The molecule has 1 aliphatic heterocycles. The number of nitrogens with zero attached hydrogens (tertiary/aromatic N) is 4. The minimum absolute atomic E-state index is 0.0388. The molecule has 2 aliphatic rings. The molecule has 5 rings (SSSR count). The standard InChI is InChI=1S/C23H25N7O2/c1-24-23(32)16-10-25-19(27-22(31)13-7-8-13)9-18(16)26-17-6-4-5-15-20-14(12-30(3)28-20)11-29(2)21(15)17/h4-6,9-10,12-13H,7-8,11H2,1-3H3,(H,24,32)(H2,25,26,27,31)/i1D. The first-order valence-corrected chi connectivity index (χ1v) is 10.5. The summed E-state index contributed by atoms with van der Waals surface area (Å²) in [7, 11) is 3.68. The first-order valence-electron chi connectivity index (χ1n) is 11.2. The van der Waals surface area contributed by atoms with E-state index in [0.29, 0.717) is 23.6 Å². The molecule has 0 radical (unpaired) electrons. The molecule has 0 spiro atoms. The molecule has 0 saturated heterocycles. The Morgan fingerprint density at radius 3 is 2.84 bits per heavy atom. The number of anilines is 4. The van der Waals surface area contributed by atoms with Crippen LogP contribution < -0.4 is 20.9 Å². The molecule has 3 N–H and O–H groups in total. The maximum atomic E-state index is 12.6. The molecule has 1 fully saturated rings. The highest BCUT2D eigenvalue weighted by Gasteiger charge is 2.30. The summed E-state index contributed by atoms with van der Waals surface area (Å²) in [5.74, 6) is -0.0552. The molecule has 2 aromatic heterocycles. The van der Waals surface area contributed by atoms with Crippen molar-refractivity contribution in [2.45, 2.75) is 19.4 Å². The number of rotatable bonds is 5. The summed E-state index contributed by atoms with van der Waals surface area (Å²) < 4.78 is 9.15. The van der Waals surface area contributed by atoms with Crippen molar-refractivity contribution in [3.05, 3.63) is 47.8 Å². The van der Waals surface area contributed by atoms with Crippen molar-refractivity contribution in [2.75, 3.05) is 29.6 Å². The van der Waals surface area contributed by atoms with Crippen molar-refractivity contribution in [2.24, 2.45) is 13.0 Å². The summed E-state index contributed by atoms with van der Waals surface area (Å²) in [5, 5.41) is 13.3. The summed E-state index contributed by atoms with van der Waals surface area (Å²) >= 11 is 0. The molecule has 9 nitrogen and oxygen atoms in total. The Morgan fingerprint density at radius 2 is 2.06 bits per heavy atom. The molecule has 1 saturated carbocycles. The minimum Gasteiger partial charge on any atom is -0.368 e. The van der Waals surface area contributed by atoms with Crippen LogP contribution in [-0.2, 0) is 18.4 Å². The number of aryl methyl sites for hydroxylation is 1. The second-order valence-electron chi connectivity index (χ2n) is 8.24. The molecular formula is C23H25N7O2. The van der Waals surface area contributed by atoms with Gasteiger partial charge in [0.1, 0.15) is 5.82 Å². The highest BCUT2D eigenvalue weighted by Crippen LogP contribution is 2.43. The fourth-order valence-electron chi connectivity index (χ4n) is 4.08. The van der Waals surface area contributed by atoms with Crippen LogP contribution in [0.1, 0.15) is 30.1 Å². The fourth-order valence-corrected chi connectivity index (χ4v) is 4.08. The Hall–Kier alpha value is -3.88. The highest BCUT2D eigenvalue weighted by atomic mass is 16.2. The molecule has 3 heterocycles. The van der Waals surface area contributed by atoms with Crippen LogP contribution >= 0.6 is 0 Å². The lowest BCUT2D eigenvalue weighted by Gasteiger charge is -2.29. The Kier molecular flexibility index (Phi) is 4.52. The number of hydrogen-bond acceptors (Lipinski definition) is 6. The summed E-state index contributed by atoms with van der Waals surface area (Å²) in [4.78, 5) is 31.2. The van der Waals surface area contributed by atoms with E-state index in [9.17, 15) is 9.59 Å². The van der Waals surface area contributed by atoms with Crippen LogP contribution in [0.3, 0.4) is 0 Å². The van der Waals surface area contributed by atoms with Gasteiger partial charge in [-0.3, -0.25) is 14.3 Å². The Balaban J connectivity index is 1.54. The molecule has 0 unspecified atom stereocenters. The van der Waals surface area contributed by atoms with Crippen LogP contribution in [0, 0.1) is 5.92 Å². The lowest BCUT2D eigenvalue weighted by Crippen LogP contribution is -2.23. The van der Waals surface area contributed by atoms with Gasteiger partial charge in [-0.2, -0.15) is 5.10 Å². The maximum Gasteiger partial charge on any atom is 0.254 e. The van der Waals surface area contributed by atoms with Gasteiger partial charge < -0.3 is 20.9 Å². The molecule has 1 aliphatic carbocycles. The Bertz CT molecular complexity index is 1250. The molecular weight excluding hydrogens is 406 g/mol. The van der Waals surface area contributed by atoms with Gasteiger partial charge in [0.2, 0.25) is 5.91 Å². The van der Waals surface area contributed by atoms with Crippen molar-refractivity contribution in [1.82, 2.24) is 20.1 Å². The van der Waals surface area contributed by atoms with Crippen molar-refractivity contribution in [3.8, 4) is 11.3 Å². The first kappa shape index (κ1) is 18.9. The summed E-state index contributed by atoms with van der Waals surface area (Å²) in [6, 6.07) is 7.58. The van der Waals surface area contributed by atoms with Gasteiger partial charge in [0.25, 0.3) is 5.91 Å². The number of fused-ring (bicyclic) bond motifs is 3. The van der Waals surface area contributed by atoms with Gasteiger partial charge in [-0.15, -0.1) is 0 Å². The van der Waals surface area contributed by atoms with Crippen LogP contribution in [-0.4, -0.2) is 40.7 Å². The van der Waals surface area contributed by atoms with Gasteiger partial charge in [0.15, 0.2) is 0 Å². The second-order valence-corrected chi connectivity index (χ2v) is 8.24. The van der Waals surface area contributed by atoms with E-state index in [4.69, 9.17) is 1.37 Å². The number of amides is 2. The highest BCUT2D eigenvalue weighted by molar-refractivity contribution is 6.02. The zero-order chi connectivity index (χ0) is 23.1. The molecule has 2 amide bonds. The summed E-state index contributed by atoms with van der Waals surface area (Å²) in [6.07, 6.45) is 5.22. The van der Waals surface area contributed by atoms with E-state index in [2.05, 4.69) is 30.9 Å². The molecule has 164 valence electrons. The Labute approximate surface area is 187 Å². The average Bonchev–Trinajstić information content (AvgIpc) is 3.56. The number of carbonyl (C=O) groups excluding carboxylic acids is 2. The van der Waals surface area contributed by atoms with Gasteiger partial charge in [-0.1, -0.05) is 12.1 Å². The van der Waals surface area contributed by atoms with E-state index in [1.165, 1.54) is 6.20 Å². The van der Waals surface area contributed by atoms with E-state index in [-0.39, 0.29) is 18.8 Å². The topological polar surface area (TPSA) is 104 Å². The van der Waals surface area contributed by atoms with Crippen LogP contribution in [0.4, 0.5) is 22.9 Å². The third kappa shape index (κ3) is 3.55. The molecule has 0 atom stereocenters. The summed E-state index contributed by atoms with van der Waals surface area (Å²) in [6.45, 7) is 0.708. The van der Waals surface area contributed by atoms with Crippen LogP contribution in [0.25, 0.3) is 11.3 Å². The van der Waals surface area contributed by atoms with E-state index in [1.54, 1.807) is 6.07 Å². The SMILES string of the molecule is [2H]CNC(=O)c1cnc(NC(=O)C2CC2)cc1Nc1cccc2c1N(C)Cc1cn(C)nc1-2. The van der Waals surface area contributed by atoms with E-state index < -0.39 is 5.91 Å². The first-order chi connectivity index (χ1) is 15.9. The third-order valence-electron chi connectivity index (χ3n) is 5.76. The predicted octanol–water partition coefficient (Wildman–Crippen LogP) is 2.88. The van der Waals surface area contributed by atoms with E-state index >= 15 is 0 Å². The lowest BCUT2D eigenvalue weighted by atomic mass is 9.99. The normalized spacial score (nSPS) is 14.8. The van der Waals surface area contributed by atoms with E-state index in [1.807, 2.05) is 43.2 Å². The molecule has 1 aromatic carbocycles. The number of nitrogens with one attached hydrogen (secondary N) is 3. The smallest absolute Gasteiger partial charge is 0.254 e. The number of benzene rings is 1.